The molecule has 1 aliphatic heterocycles. The van der Waals surface area contributed by atoms with Crippen molar-refractivity contribution >= 4 is 49.0 Å². The number of hydrogen-bond donors (Lipinski definition) is 2. The number of urea groups is 1. The Labute approximate surface area is 276 Å². The number of aromatic nitrogens is 5. The number of nitrogens with one attached hydrogen (secondary N) is 2. The summed E-state index contributed by atoms with van der Waals surface area (Å²) in [5.41, 5.74) is -1.72. The van der Waals surface area contributed by atoms with Crippen LogP contribution in [0, 0.1) is 5.41 Å². The highest BCUT2D eigenvalue weighted by Crippen LogP contribution is 2.45. The van der Waals surface area contributed by atoms with Gasteiger partial charge in [0.25, 0.3) is 17.7 Å². The number of methoxy groups -OCH3 is 1. The lowest BCUT2D eigenvalue weighted by atomic mass is 9.43. The summed E-state index contributed by atoms with van der Waals surface area (Å²) < 4.78 is 89.7. The SMILES string of the molecule is BC1(B)NC(=O)N([C@H](COC2CC2)c2cnn3cc([C@H](CCC(C)(C)C(F)(F)F)NC(=O)c4nonc4OC)nc3c2)C(B)(B)C1(F)F. The van der Waals surface area contributed by atoms with Crippen LogP contribution in [0.15, 0.2) is 23.1 Å². The van der Waals surface area contributed by atoms with E-state index >= 15 is 8.78 Å². The second kappa shape index (κ2) is 12.2. The van der Waals surface area contributed by atoms with Gasteiger partial charge in [-0.25, -0.2) is 27.7 Å². The third-order valence-corrected chi connectivity index (χ3v) is 9.22. The van der Waals surface area contributed by atoms with Gasteiger partial charge >= 0.3 is 12.2 Å². The number of carbonyl (C=O) groups excluding carboxylic acids is 2. The molecule has 2 atom stereocenters. The number of nitrogens with zero attached hydrogens (tertiary/aromatic N) is 6. The van der Waals surface area contributed by atoms with Crippen molar-refractivity contribution in [3.05, 3.63) is 35.4 Å². The van der Waals surface area contributed by atoms with Crippen molar-refractivity contribution < 1.29 is 45.6 Å². The summed E-state index contributed by atoms with van der Waals surface area (Å²) in [6.07, 6.45) is -0.700. The molecule has 13 nitrogen and oxygen atoms in total. The predicted molar refractivity (Wildman–Crippen MR) is 170 cm³/mol. The summed E-state index contributed by atoms with van der Waals surface area (Å²) in [6.45, 7) is 2.02. The first-order chi connectivity index (χ1) is 22.2. The van der Waals surface area contributed by atoms with Crippen LogP contribution in [0.3, 0.4) is 0 Å². The summed E-state index contributed by atoms with van der Waals surface area (Å²) in [5.74, 6) is -4.42. The Bertz CT molecular complexity index is 1680. The highest BCUT2D eigenvalue weighted by atomic mass is 19.4. The van der Waals surface area contributed by atoms with E-state index in [1.807, 2.05) is 0 Å². The van der Waals surface area contributed by atoms with Gasteiger partial charge in [-0.2, -0.15) is 18.3 Å². The standard InChI is InChI=1S/C26H35B4F5N8O5/c1-22(2,26(33,34)35)7-6-14(38-19(44)18-20(46-3)41-48-40-18)15-10-42-17(37-15)8-12(9-36-42)16(11-47-13-4-5-13)43-21(45)39-24(27,28)23(31,32)25(43,29)30/h8-10,13-14,16H,4-7,11,27-30H2,1-3H3,(H,38,44)(H,39,45)/t14-,16+/m0/s1. The van der Waals surface area contributed by atoms with E-state index in [4.69, 9.17) is 9.47 Å². The van der Waals surface area contributed by atoms with Gasteiger partial charge in [-0.05, 0) is 42.1 Å². The van der Waals surface area contributed by atoms with E-state index in [9.17, 15) is 22.8 Å². The first-order valence-corrected chi connectivity index (χ1v) is 15.4. The van der Waals surface area contributed by atoms with Crippen LogP contribution >= 0.6 is 0 Å². The van der Waals surface area contributed by atoms with E-state index in [0.717, 1.165) is 31.6 Å². The average molecular weight is 678 g/mol. The zero-order valence-corrected chi connectivity index (χ0v) is 27.6. The fourth-order valence-corrected chi connectivity index (χ4v) is 5.77. The molecule has 5 rings (SSSR count). The second-order valence-electron chi connectivity index (χ2n) is 13.9. The molecule has 22 heteroatoms. The molecule has 2 N–H and O–H groups in total. The molecule has 0 unspecified atom stereocenters. The Hall–Kier alpha value is -3.83. The van der Waals surface area contributed by atoms with Crippen molar-refractivity contribution in [2.24, 2.45) is 5.41 Å². The Morgan fingerprint density at radius 2 is 1.90 bits per heavy atom. The van der Waals surface area contributed by atoms with E-state index in [-0.39, 0.29) is 48.5 Å². The molecule has 3 aromatic heterocycles. The molecular weight excluding hydrogens is 643 g/mol. The number of halogens is 5. The van der Waals surface area contributed by atoms with Crippen molar-refractivity contribution in [3.63, 3.8) is 0 Å². The lowest BCUT2D eigenvalue weighted by molar-refractivity contribution is -0.214. The van der Waals surface area contributed by atoms with Gasteiger partial charge in [0.15, 0.2) is 5.65 Å². The molecular formula is C26H35B4F5N8O5. The van der Waals surface area contributed by atoms with E-state index in [0.29, 0.717) is 5.56 Å². The minimum absolute atomic E-state index is 0.0565. The zero-order valence-electron chi connectivity index (χ0n) is 27.6. The normalized spacial score (nSPS) is 20.2. The molecule has 1 saturated heterocycles. The second-order valence-corrected chi connectivity index (χ2v) is 13.9. The Morgan fingerprint density at radius 1 is 1.21 bits per heavy atom. The molecule has 2 fully saturated rings. The fraction of sp³-hybridized carbons (Fsp3) is 0.615. The number of alkyl halides is 5. The van der Waals surface area contributed by atoms with Crippen molar-refractivity contribution in [1.82, 2.24) is 40.4 Å². The monoisotopic (exact) mass is 678 g/mol. The minimum Gasteiger partial charge on any atom is -0.477 e. The quantitative estimate of drug-likeness (QED) is 0.194. The predicted octanol–water partition coefficient (Wildman–Crippen LogP) is -0.319. The average Bonchev–Trinajstić information content (AvgIpc) is 3.51. The molecule has 3 aromatic rings. The van der Waals surface area contributed by atoms with Crippen LogP contribution in [-0.4, -0.2) is 116 Å². The summed E-state index contributed by atoms with van der Waals surface area (Å²) in [4.78, 5) is 32.2. The minimum atomic E-state index is -4.52. The molecule has 256 valence electrons. The first kappa shape index (κ1) is 35.5. The van der Waals surface area contributed by atoms with Gasteiger partial charge in [0.05, 0.1) is 55.4 Å². The van der Waals surface area contributed by atoms with Gasteiger partial charge in [0.1, 0.15) is 31.4 Å². The van der Waals surface area contributed by atoms with Crippen LogP contribution in [0.25, 0.3) is 5.65 Å². The largest absolute Gasteiger partial charge is 0.477 e. The van der Waals surface area contributed by atoms with Gasteiger partial charge in [0, 0.05) is 16.2 Å². The van der Waals surface area contributed by atoms with Crippen molar-refractivity contribution in [3.8, 4) is 5.88 Å². The zero-order chi connectivity index (χ0) is 35.4. The van der Waals surface area contributed by atoms with Gasteiger partial charge in [-0.1, -0.05) is 13.8 Å². The highest BCUT2D eigenvalue weighted by molar-refractivity contribution is 6.48. The molecule has 2 aliphatic rings. The first-order valence-electron chi connectivity index (χ1n) is 15.4. The van der Waals surface area contributed by atoms with E-state index in [2.05, 4.69) is 35.7 Å². The molecule has 3 amide bonds. The smallest absolute Gasteiger partial charge is 0.393 e. The number of imidazole rings is 1. The van der Waals surface area contributed by atoms with Crippen LogP contribution in [0.1, 0.15) is 73.4 Å². The lowest BCUT2D eigenvalue weighted by Gasteiger charge is -2.57. The van der Waals surface area contributed by atoms with Crippen LogP contribution in [0.5, 0.6) is 5.88 Å². The van der Waals surface area contributed by atoms with Gasteiger partial charge in [-0.3, -0.25) is 4.79 Å². The van der Waals surface area contributed by atoms with Crippen molar-refractivity contribution in [2.75, 3.05) is 13.7 Å². The molecule has 1 saturated carbocycles. The maximum absolute atomic E-state index is 15.8. The Morgan fingerprint density at radius 3 is 2.52 bits per heavy atom. The Kier molecular flexibility index (Phi) is 9.05. The molecule has 0 spiro atoms. The summed E-state index contributed by atoms with van der Waals surface area (Å²) in [6, 6.07) is -1.23. The van der Waals surface area contributed by atoms with Crippen LogP contribution in [0.2, 0.25) is 0 Å². The molecule has 4 heterocycles. The lowest BCUT2D eigenvalue weighted by Crippen LogP contribution is -2.83. The third kappa shape index (κ3) is 6.46. The van der Waals surface area contributed by atoms with Crippen molar-refractivity contribution in [2.45, 2.75) is 80.5 Å². The molecule has 48 heavy (non-hydrogen) atoms. The van der Waals surface area contributed by atoms with Crippen molar-refractivity contribution in [1.29, 1.82) is 0 Å². The van der Waals surface area contributed by atoms with E-state index < -0.39 is 52.2 Å². The molecule has 0 radical (unpaired) electrons. The van der Waals surface area contributed by atoms with E-state index in [1.165, 1.54) is 55.4 Å². The molecule has 0 aromatic carbocycles. The van der Waals surface area contributed by atoms with Crippen LogP contribution in [-0.2, 0) is 4.74 Å². The van der Waals surface area contributed by atoms with Gasteiger partial charge < -0.3 is 25.0 Å². The van der Waals surface area contributed by atoms with Crippen LogP contribution in [0.4, 0.5) is 26.7 Å². The summed E-state index contributed by atoms with van der Waals surface area (Å²) in [5, 5.41) is 12.7. The van der Waals surface area contributed by atoms with Crippen LogP contribution < -0.4 is 15.4 Å². The highest BCUT2D eigenvalue weighted by Gasteiger charge is 2.65. The van der Waals surface area contributed by atoms with Gasteiger partial charge in [-0.15, -0.1) is 0 Å². The van der Waals surface area contributed by atoms with E-state index in [1.54, 1.807) is 6.07 Å². The number of carbonyl (C=O) groups is 2. The maximum Gasteiger partial charge on any atom is 0.393 e. The topological polar surface area (TPSA) is 149 Å². The third-order valence-electron chi connectivity index (χ3n) is 9.22. The Balaban J connectivity index is 1.51. The maximum atomic E-state index is 15.8. The number of hydrogen-bond acceptors (Lipinski definition) is 9. The molecule has 1 aliphatic carbocycles. The number of rotatable bonds is 12. The number of amides is 3. The summed E-state index contributed by atoms with van der Waals surface area (Å²) >= 11 is 0. The molecule has 0 bridgehead atoms. The number of fused-ring (bicyclic) bond motifs is 1. The fourth-order valence-electron chi connectivity index (χ4n) is 5.77. The van der Waals surface area contributed by atoms with Gasteiger partial charge in [0.2, 0.25) is 5.69 Å². The summed E-state index contributed by atoms with van der Waals surface area (Å²) in [7, 11) is 6.36. The number of ether oxygens (including phenoxy) is 2.